The fraction of sp³-hybridized carbons (Fsp3) is 0.462. The molecule has 0 heterocycles. The maximum absolute atomic E-state index is 12.4. The van der Waals surface area contributed by atoms with E-state index in [1.54, 1.807) is 6.92 Å². The maximum atomic E-state index is 12.4. The van der Waals surface area contributed by atoms with Gasteiger partial charge in [0.1, 0.15) is 0 Å². The predicted molar refractivity (Wildman–Crippen MR) is 70.2 cm³/mol. The largest absolute Gasteiger partial charge is 0.401 e. The molecule has 8 heteroatoms. The first kappa shape index (κ1) is 17.1. The minimum Gasteiger partial charge on any atom is -0.293 e. The average Bonchev–Trinajstić information content (AvgIpc) is 2.37. The Balaban J connectivity index is 2.74. The molecular formula is C13H15F3N2O3. The Hall–Kier alpha value is -1.96. The number of non-ortho nitro benzene ring substituents is 1. The van der Waals surface area contributed by atoms with Gasteiger partial charge in [0.05, 0.1) is 18.0 Å². The lowest BCUT2D eigenvalue weighted by Crippen LogP contribution is -2.38. The highest BCUT2D eigenvalue weighted by atomic mass is 19.4. The van der Waals surface area contributed by atoms with Gasteiger partial charge < -0.3 is 0 Å². The molecule has 0 amide bonds. The second-order valence-corrected chi connectivity index (χ2v) is 4.55. The predicted octanol–water partition coefficient (Wildman–Crippen LogP) is 3.05. The molecule has 0 fully saturated rings. The summed E-state index contributed by atoms with van der Waals surface area (Å²) in [5.41, 5.74) is -0.0175. The summed E-state index contributed by atoms with van der Waals surface area (Å²) in [5.74, 6) is -0.498. The summed E-state index contributed by atoms with van der Waals surface area (Å²) in [4.78, 5) is 22.8. The Kier molecular flexibility index (Phi) is 5.83. The Labute approximate surface area is 119 Å². The van der Waals surface area contributed by atoms with Crippen LogP contribution < -0.4 is 0 Å². The second kappa shape index (κ2) is 7.16. The molecular weight excluding hydrogens is 289 g/mol. The van der Waals surface area contributed by atoms with Crippen LogP contribution in [0.1, 0.15) is 23.7 Å². The summed E-state index contributed by atoms with van der Waals surface area (Å²) in [5, 5.41) is 10.5. The van der Waals surface area contributed by atoms with Crippen LogP contribution in [0.15, 0.2) is 24.3 Å². The number of nitrogens with zero attached hydrogens (tertiary/aromatic N) is 2. The molecule has 116 valence electrons. The van der Waals surface area contributed by atoms with Crippen LogP contribution in [0, 0.1) is 10.1 Å². The molecule has 5 nitrogen and oxygen atoms in total. The zero-order valence-electron chi connectivity index (χ0n) is 11.4. The molecule has 0 atom stereocenters. The number of halogens is 3. The van der Waals surface area contributed by atoms with Crippen molar-refractivity contribution < 1.29 is 22.9 Å². The molecule has 0 aromatic heterocycles. The molecule has 0 saturated carbocycles. The summed E-state index contributed by atoms with van der Waals surface area (Å²) >= 11 is 0. The van der Waals surface area contributed by atoms with Crippen molar-refractivity contribution >= 4 is 11.5 Å². The number of carbonyl (C=O) groups excluding carboxylic acids is 1. The summed E-state index contributed by atoms with van der Waals surface area (Å²) in [6, 6.07) is 4.80. The van der Waals surface area contributed by atoms with E-state index in [1.807, 2.05) is 0 Å². The Morgan fingerprint density at radius 2 is 1.86 bits per heavy atom. The van der Waals surface area contributed by atoms with E-state index in [0.29, 0.717) is 6.42 Å². The van der Waals surface area contributed by atoms with Crippen molar-refractivity contribution in [2.24, 2.45) is 0 Å². The molecule has 0 spiro atoms. The van der Waals surface area contributed by atoms with Crippen LogP contribution in [-0.4, -0.2) is 41.4 Å². The van der Waals surface area contributed by atoms with E-state index in [4.69, 9.17) is 0 Å². The topological polar surface area (TPSA) is 63.5 Å². The minimum absolute atomic E-state index is 0.151. The first-order valence-electron chi connectivity index (χ1n) is 6.29. The molecule has 0 saturated heterocycles. The molecule has 1 rings (SSSR count). The summed E-state index contributed by atoms with van der Waals surface area (Å²) in [6.07, 6.45) is -3.88. The van der Waals surface area contributed by atoms with Crippen molar-refractivity contribution in [2.45, 2.75) is 19.5 Å². The Morgan fingerprint density at radius 3 is 2.29 bits per heavy atom. The van der Waals surface area contributed by atoms with Crippen LogP contribution in [0.25, 0.3) is 0 Å². The molecule has 1 aromatic carbocycles. The zero-order valence-corrected chi connectivity index (χ0v) is 11.4. The van der Waals surface area contributed by atoms with Gasteiger partial charge in [-0.1, -0.05) is 6.92 Å². The minimum atomic E-state index is -4.37. The first-order valence-corrected chi connectivity index (χ1v) is 6.29. The zero-order chi connectivity index (χ0) is 16.0. The molecule has 0 unspecified atom stereocenters. The smallest absolute Gasteiger partial charge is 0.293 e. The van der Waals surface area contributed by atoms with Crippen LogP contribution in [0.4, 0.5) is 18.9 Å². The third-order valence-electron chi connectivity index (χ3n) is 2.71. The molecule has 21 heavy (non-hydrogen) atoms. The van der Waals surface area contributed by atoms with Gasteiger partial charge in [0.15, 0.2) is 5.78 Å². The van der Waals surface area contributed by atoms with E-state index in [2.05, 4.69) is 0 Å². The van der Waals surface area contributed by atoms with Crippen molar-refractivity contribution in [1.29, 1.82) is 0 Å². The van der Waals surface area contributed by atoms with Crippen LogP contribution >= 0.6 is 0 Å². The van der Waals surface area contributed by atoms with E-state index in [1.165, 1.54) is 12.1 Å². The highest BCUT2D eigenvalue weighted by Crippen LogP contribution is 2.18. The monoisotopic (exact) mass is 304 g/mol. The van der Waals surface area contributed by atoms with Gasteiger partial charge in [0.2, 0.25) is 0 Å². The van der Waals surface area contributed by atoms with Crippen LogP contribution in [-0.2, 0) is 0 Å². The van der Waals surface area contributed by atoms with Gasteiger partial charge in [-0.25, -0.2) is 0 Å². The van der Waals surface area contributed by atoms with E-state index in [9.17, 15) is 28.1 Å². The molecule has 0 aliphatic heterocycles. The quantitative estimate of drug-likeness (QED) is 0.441. The van der Waals surface area contributed by atoms with Crippen molar-refractivity contribution in [2.75, 3.05) is 19.6 Å². The van der Waals surface area contributed by atoms with Gasteiger partial charge in [-0.05, 0) is 25.1 Å². The number of rotatable bonds is 7. The van der Waals surface area contributed by atoms with E-state index < -0.39 is 23.4 Å². The van der Waals surface area contributed by atoms with Crippen molar-refractivity contribution in [3.63, 3.8) is 0 Å². The third-order valence-corrected chi connectivity index (χ3v) is 2.71. The van der Waals surface area contributed by atoms with E-state index in [-0.39, 0.29) is 24.3 Å². The van der Waals surface area contributed by atoms with Gasteiger partial charge in [0.25, 0.3) is 5.69 Å². The van der Waals surface area contributed by atoms with E-state index in [0.717, 1.165) is 17.0 Å². The molecule has 0 N–H and O–H groups in total. The molecule has 0 aliphatic carbocycles. The highest BCUT2D eigenvalue weighted by molar-refractivity contribution is 5.97. The lowest BCUT2D eigenvalue weighted by Gasteiger charge is -2.22. The van der Waals surface area contributed by atoms with Crippen LogP contribution in [0.5, 0.6) is 0 Å². The average molecular weight is 304 g/mol. The summed E-state index contributed by atoms with van der Waals surface area (Å²) < 4.78 is 37.2. The van der Waals surface area contributed by atoms with Gasteiger partial charge >= 0.3 is 6.18 Å². The van der Waals surface area contributed by atoms with Gasteiger partial charge in [-0.3, -0.25) is 19.8 Å². The third kappa shape index (κ3) is 5.90. The van der Waals surface area contributed by atoms with Crippen molar-refractivity contribution in [1.82, 2.24) is 4.90 Å². The maximum Gasteiger partial charge on any atom is 0.401 e. The lowest BCUT2D eigenvalue weighted by atomic mass is 10.1. The van der Waals surface area contributed by atoms with Crippen molar-refractivity contribution in [3.8, 4) is 0 Å². The number of alkyl halides is 3. The van der Waals surface area contributed by atoms with Crippen molar-refractivity contribution in [3.05, 3.63) is 39.9 Å². The van der Waals surface area contributed by atoms with Crippen LogP contribution in [0.2, 0.25) is 0 Å². The SMILES string of the molecule is CCCN(CC(=O)c1ccc([N+](=O)[O-])cc1)CC(F)(F)F. The summed E-state index contributed by atoms with van der Waals surface area (Å²) in [6.45, 7) is 0.350. The number of hydrogen-bond acceptors (Lipinski definition) is 4. The first-order chi connectivity index (χ1) is 9.73. The van der Waals surface area contributed by atoms with E-state index >= 15 is 0 Å². The summed E-state index contributed by atoms with van der Waals surface area (Å²) in [7, 11) is 0. The molecule has 0 bridgehead atoms. The molecule has 1 aromatic rings. The number of Topliss-reactive ketones (excluding diaryl/α,β-unsaturated/α-hetero) is 1. The van der Waals surface area contributed by atoms with Gasteiger partial charge in [0, 0.05) is 17.7 Å². The van der Waals surface area contributed by atoms with Crippen LogP contribution in [0.3, 0.4) is 0 Å². The Bertz CT molecular complexity index is 500. The number of benzene rings is 1. The fourth-order valence-electron chi connectivity index (χ4n) is 1.85. The lowest BCUT2D eigenvalue weighted by molar-refractivity contribution is -0.384. The fourth-order valence-corrected chi connectivity index (χ4v) is 1.85. The van der Waals surface area contributed by atoms with Gasteiger partial charge in [-0.2, -0.15) is 13.2 Å². The number of carbonyl (C=O) groups is 1. The number of ketones is 1. The number of nitro groups is 1. The van der Waals surface area contributed by atoms with Gasteiger partial charge in [-0.15, -0.1) is 0 Å². The number of nitro benzene ring substituents is 1. The Morgan fingerprint density at radius 1 is 1.29 bits per heavy atom. The number of hydrogen-bond donors (Lipinski definition) is 0. The normalized spacial score (nSPS) is 11.7. The highest BCUT2D eigenvalue weighted by Gasteiger charge is 2.31. The standard InChI is InChI=1S/C13H15F3N2O3/c1-2-7-17(9-13(14,15)16)8-12(19)10-3-5-11(6-4-10)18(20)21/h3-6H,2,7-9H2,1H3. The second-order valence-electron chi connectivity index (χ2n) is 4.55. The molecule has 0 aliphatic rings. The molecule has 0 radical (unpaired) electrons.